The molecule has 0 spiro atoms. The van der Waals surface area contributed by atoms with E-state index in [2.05, 4.69) is 21.3 Å². The van der Waals surface area contributed by atoms with Crippen molar-refractivity contribution in [2.45, 2.75) is 31.7 Å². The van der Waals surface area contributed by atoms with Crippen LogP contribution in [0.4, 0.5) is 22.7 Å². The quantitative estimate of drug-likeness (QED) is 0.125. The topological polar surface area (TPSA) is 196 Å². The molecule has 1 aromatic carbocycles. The number of nitrogens with zero attached hydrogens (tertiary/aromatic N) is 4. The van der Waals surface area contributed by atoms with Crippen LogP contribution in [0.5, 0.6) is 11.5 Å². The summed E-state index contributed by atoms with van der Waals surface area (Å²) in [6.45, 7) is 0.671. The zero-order valence-corrected chi connectivity index (χ0v) is 29.9. The maximum Gasteiger partial charge on any atom is 0.354 e. The average Bonchev–Trinajstić information content (AvgIpc) is 3.91. The second-order valence-electron chi connectivity index (χ2n) is 12.8. The van der Waals surface area contributed by atoms with Gasteiger partial charge in [0.05, 0.1) is 49.1 Å². The van der Waals surface area contributed by atoms with Crippen molar-refractivity contribution < 1.29 is 43.0 Å². The van der Waals surface area contributed by atoms with Crippen molar-refractivity contribution in [3.05, 3.63) is 71.6 Å². The van der Waals surface area contributed by atoms with E-state index < -0.39 is 23.8 Å². The highest BCUT2D eigenvalue weighted by molar-refractivity contribution is 6.11. The lowest BCUT2D eigenvalue weighted by Gasteiger charge is -2.20. The van der Waals surface area contributed by atoms with Crippen molar-refractivity contribution in [3.63, 3.8) is 0 Å². The Hall–Kier alpha value is -6.52. The molecular formula is C36H40N8O9. The van der Waals surface area contributed by atoms with Crippen LogP contribution in [0.25, 0.3) is 0 Å². The van der Waals surface area contributed by atoms with Crippen molar-refractivity contribution in [1.29, 1.82) is 0 Å². The van der Waals surface area contributed by atoms with Gasteiger partial charge in [0.15, 0.2) is 11.5 Å². The maximum atomic E-state index is 13.2. The molecular weight excluding hydrogens is 688 g/mol. The number of amides is 5. The number of benzene rings is 1. The van der Waals surface area contributed by atoms with Gasteiger partial charge >= 0.3 is 5.97 Å². The third-order valence-corrected chi connectivity index (χ3v) is 9.09. The van der Waals surface area contributed by atoms with E-state index in [0.29, 0.717) is 59.2 Å². The number of ether oxygens (including phenoxy) is 3. The van der Waals surface area contributed by atoms with E-state index in [0.717, 1.165) is 6.42 Å². The zero-order valence-electron chi connectivity index (χ0n) is 29.9. The minimum atomic E-state index is -0.538. The Bertz CT molecular complexity index is 2130. The van der Waals surface area contributed by atoms with E-state index in [-0.39, 0.29) is 47.8 Å². The number of rotatable bonds is 12. The van der Waals surface area contributed by atoms with Gasteiger partial charge in [-0.15, -0.1) is 0 Å². The fraction of sp³-hybridized carbons (Fsp3) is 0.333. The number of esters is 1. The first-order chi connectivity index (χ1) is 25.4. The monoisotopic (exact) mass is 728 g/mol. The van der Waals surface area contributed by atoms with Crippen LogP contribution in [0, 0.1) is 0 Å². The van der Waals surface area contributed by atoms with Gasteiger partial charge in [-0.3, -0.25) is 24.0 Å². The number of anilines is 4. The van der Waals surface area contributed by atoms with E-state index in [4.69, 9.17) is 14.2 Å². The highest BCUT2D eigenvalue weighted by Crippen LogP contribution is 2.37. The van der Waals surface area contributed by atoms with E-state index in [1.54, 1.807) is 65.9 Å². The van der Waals surface area contributed by atoms with E-state index >= 15 is 0 Å². The van der Waals surface area contributed by atoms with E-state index in [1.165, 1.54) is 37.0 Å². The molecule has 1 fully saturated rings. The second-order valence-corrected chi connectivity index (χ2v) is 12.8. The van der Waals surface area contributed by atoms with Gasteiger partial charge in [-0.05, 0) is 43.5 Å². The molecule has 1 atom stereocenters. The van der Waals surface area contributed by atoms with Gasteiger partial charge in [-0.25, -0.2) is 4.79 Å². The summed E-state index contributed by atoms with van der Waals surface area (Å²) >= 11 is 0. The van der Waals surface area contributed by atoms with Crippen molar-refractivity contribution >= 4 is 58.3 Å². The van der Waals surface area contributed by atoms with Gasteiger partial charge < -0.3 is 54.1 Å². The Kier molecular flexibility index (Phi) is 10.3. The van der Waals surface area contributed by atoms with Crippen molar-refractivity contribution in [2.75, 3.05) is 48.6 Å². The summed E-state index contributed by atoms with van der Waals surface area (Å²) in [6, 6.07) is 7.19. The SMILES string of the molecule is COC(=O)c1cc(NC(=O)c2cc(NC(=O)c3cc(NC(=O)CCCOc4cc5c(cc4OC)C(=O)N4CCC[C@H]4C(=O)N5)cn3C)cn2C)cn1C. The Balaban J connectivity index is 1.01. The molecule has 0 unspecified atom stereocenters. The van der Waals surface area contributed by atoms with Gasteiger partial charge in [-0.1, -0.05) is 0 Å². The van der Waals surface area contributed by atoms with Crippen molar-refractivity contribution in [3.8, 4) is 11.5 Å². The summed E-state index contributed by atoms with van der Waals surface area (Å²) in [4.78, 5) is 78.3. The summed E-state index contributed by atoms with van der Waals surface area (Å²) in [7, 11) is 7.71. The Labute approximate surface area is 304 Å². The predicted molar refractivity (Wildman–Crippen MR) is 193 cm³/mol. The van der Waals surface area contributed by atoms with E-state index in [9.17, 15) is 28.8 Å². The number of hydrogen-bond donors (Lipinski definition) is 4. The predicted octanol–water partition coefficient (Wildman–Crippen LogP) is 3.36. The largest absolute Gasteiger partial charge is 0.493 e. The highest BCUT2D eigenvalue weighted by atomic mass is 16.5. The summed E-state index contributed by atoms with van der Waals surface area (Å²) in [5, 5.41) is 11.1. The number of carbonyl (C=O) groups is 6. The molecule has 5 amide bonds. The van der Waals surface area contributed by atoms with Crippen molar-refractivity contribution in [2.24, 2.45) is 21.1 Å². The second kappa shape index (κ2) is 15.0. The van der Waals surface area contributed by atoms with Crippen LogP contribution in [-0.2, 0) is 35.5 Å². The zero-order chi connectivity index (χ0) is 38.0. The van der Waals surface area contributed by atoms with Gasteiger partial charge in [0.2, 0.25) is 11.8 Å². The number of methoxy groups -OCH3 is 2. The Morgan fingerprint density at radius 2 is 1.38 bits per heavy atom. The van der Waals surface area contributed by atoms with Crippen LogP contribution in [0.15, 0.2) is 48.9 Å². The molecule has 0 saturated carbocycles. The van der Waals surface area contributed by atoms with Crippen LogP contribution in [-0.4, -0.2) is 87.5 Å². The minimum absolute atomic E-state index is 0.109. The Morgan fingerprint density at radius 1 is 0.792 bits per heavy atom. The molecule has 5 heterocycles. The summed E-state index contributed by atoms with van der Waals surface area (Å²) in [5.74, 6) is -1.55. The smallest absolute Gasteiger partial charge is 0.354 e. The molecule has 17 heteroatoms. The lowest BCUT2D eigenvalue weighted by molar-refractivity contribution is -0.119. The third kappa shape index (κ3) is 7.58. The van der Waals surface area contributed by atoms with E-state index in [1.807, 2.05) is 0 Å². The molecule has 3 aromatic heterocycles. The lowest BCUT2D eigenvalue weighted by atomic mass is 10.1. The summed E-state index contributed by atoms with van der Waals surface area (Å²) in [5.41, 5.74) is 2.67. The Morgan fingerprint density at radius 3 is 1.98 bits per heavy atom. The molecule has 2 aliphatic heterocycles. The number of hydrogen-bond acceptors (Lipinski definition) is 9. The molecule has 0 aliphatic carbocycles. The summed E-state index contributed by atoms with van der Waals surface area (Å²) < 4.78 is 20.8. The fourth-order valence-corrected chi connectivity index (χ4v) is 6.45. The number of nitrogens with one attached hydrogen (secondary N) is 4. The van der Waals surface area contributed by atoms with Crippen LogP contribution >= 0.6 is 0 Å². The van der Waals surface area contributed by atoms with Gasteiger partial charge in [0.1, 0.15) is 23.1 Å². The van der Waals surface area contributed by atoms with Crippen LogP contribution in [0.1, 0.15) is 67.5 Å². The molecule has 6 rings (SSSR count). The summed E-state index contributed by atoms with van der Waals surface area (Å²) in [6.07, 6.45) is 6.61. The first-order valence-corrected chi connectivity index (χ1v) is 16.8. The number of fused-ring (bicyclic) bond motifs is 2. The number of aryl methyl sites for hydroxylation is 3. The van der Waals surface area contributed by atoms with Crippen LogP contribution in [0.2, 0.25) is 0 Å². The number of aromatic nitrogens is 3. The first kappa shape index (κ1) is 36.3. The molecule has 17 nitrogen and oxygen atoms in total. The molecule has 1 saturated heterocycles. The average molecular weight is 729 g/mol. The van der Waals surface area contributed by atoms with Gasteiger partial charge in [-0.2, -0.15) is 0 Å². The van der Waals surface area contributed by atoms with Gasteiger partial charge in [0.25, 0.3) is 17.7 Å². The molecule has 0 bridgehead atoms. The normalized spacial score (nSPS) is 14.8. The molecule has 278 valence electrons. The highest BCUT2D eigenvalue weighted by Gasteiger charge is 2.39. The molecule has 0 radical (unpaired) electrons. The number of carbonyl (C=O) groups excluding carboxylic acids is 6. The van der Waals surface area contributed by atoms with Gasteiger partial charge in [0, 0.05) is 58.8 Å². The third-order valence-electron chi connectivity index (χ3n) is 9.09. The van der Waals surface area contributed by atoms with Crippen molar-refractivity contribution in [1.82, 2.24) is 18.6 Å². The molecule has 2 aliphatic rings. The first-order valence-electron chi connectivity index (χ1n) is 16.8. The molecule has 53 heavy (non-hydrogen) atoms. The standard InChI is InChI=1S/C36H40N8O9/c1-41-17-20(12-26(41)33(47)38-21-13-27(42(2)18-21)34(48)39-22-14-28(36(50)52-5)43(3)19-22)37-31(45)9-7-11-53-30-16-24-23(15-29(30)51-4)35(49)44-10-6-8-25(44)32(46)40-24/h12-19,25H,6-11H2,1-5H3,(H,37,45)(H,38,47)(H,39,48)(H,40,46)/t25-/m0/s1. The molecule has 4 N–H and O–H groups in total. The van der Waals surface area contributed by atoms with Crippen LogP contribution < -0.4 is 30.7 Å². The maximum absolute atomic E-state index is 13.2. The fourth-order valence-electron chi connectivity index (χ4n) is 6.45. The minimum Gasteiger partial charge on any atom is -0.493 e. The molecule has 4 aromatic rings. The lowest BCUT2D eigenvalue weighted by Crippen LogP contribution is -2.40. The van der Waals surface area contributed by atoms with Crippen LogP contribution in [0.3, 0.4) is 0 Å².